The summed E-state index contributed by atoms with van der Waals surface area (Å²) in [5, 5.41) is 4.75. The van der Waals surface area contributed by atoms with Gasteiger partial charge in [0.15, 0.2) is 0 Å². The van der Waals surface area contributed by atoms with Crippen molar-refractivity contribution >= 4 is 17.8 Å². The molecule has 0 aliphatic carbocycles. The molecule has 3 aromatic rings. The summed E-state index contributed by atoms with van der Waals surface area (Å²) < 4.78 is 15.2. The van der Waals surface area contributed by atoms with E-state index in [1.54, 1.807) is 18.3 Å². The highest BCUT2D eigenvalue weighted by atomic mass is 35.5. The molecule has 1 heterocycles. The van der Waals surface area contributed by atoms with Gasteiger partial charge in [0.25, 0.3) is 0 Å². The monoisotopic (exact) mass is 356 g/mol. The van der Waals surface area contributed by atoms with Crippen LogP contribution in [0.25, 0.3) is 5.69 Å². The molecule has 3 rings (SSSR count). The first kappa shape index (κ1) is 17.2. The van der Waals surface area contributed by atoms with E-state index in [-0.39, 0.29) is 5.82 Å². The number of nitrogens with zero attached hydrogens (tertiary/aromatic N) is 2. The molecule has 0 saturated heterocycles. The van der Waals surface area contributed by atoms with E-state index in [9.17, 15) is 4.39 Å². The van der Waals surface area contributed by atoms with E-state index in [1.165, 1.54) is 12.1 Å². The Morgan fingerprint density at radius 3 is 2.44 bits per heavy atom. The summed E-state index contributed by atoms with van der Waals surface area (Å²) in [6, 6.07) is 15.9. The Morgan fingerprint density at radius 2 is 1.76 bits per heavy atom. The second kappa shape index (κ2) is 7.53. The number of aryl methyl sites for hydroxylation is 1. The van der Waals surface area contributed by atoms with Gasteiger partial charge in [0.05, 0.1) is 6.21 Å². The van der Waals surface area contributed by atoms with Crippen LogP contribution in [0.4, 0.5) is 4.39 Å². The fourth-order valence-corrected chi connectivity index (χ4v) is 2.82. The lowest BCUT2D eigenvalue weighted by atomic mass is 10.2. The van der Waals surface area contributed by atoms with Crippen LogP contribution in [0.3, 0.4) is 0 Å². The van der Waals surface area contributed by atoms with Crippen molar-refractivity contribution in [3.63, 3.8) is 0 Å². The molecule has 0 spiro atoms. The fourth-order valence-electron chi connectivity index (χ4n) is 2.69. The number of halogens is 2. The van der Waals surface area contributed by atoms with Crippen LogP contribution in [0.2, 0.25) is 5.02 Å². The van der Waals surface area contributed by atoms with E-state index in [0.29, 0.717) is 11.6 Å². The molecule has 0 amide bonds. The van der Waals surface area contributed by atoms with E-state index in [0.717, 1.165) is 28.2 Å². The van der Waals surface area contributed by atoms with Crippen LogP contribution in [0.1, 0.15) is 22.5 Å². The summed E-state index contributed by atoms with van der Waals surface area (Å²) in [6.07, 6.45) is 1.69. The van der Waals surface area contributed by atoms with E-state index in [4.69, 9.17) is 16.4 Å². The van der Waals surface area contributed by atoms with Gasteiger partial charge in [0.1, 0.15) is 12.4 Å². The highest BCUT2D eigenvalue weighted by Crippen LogP contribution is 2.20. The average Bonchev–Trinajstić information content (AvgIpc) is 2.88. The number of rotatable bonds is 5. The smallest absolute Gasteiger partial charge is 0.142 e. The second-order valence-corrected chi connectivity index (χ2v) is 6.21. The number of aromatic nitrogens is 1. The largest absolute Gasteiger partial charge is 0.391 e. The van der Waals surface area contributed by atoms with Gasteiger partial charge in [0, 0.05) is 27.7 Å². The fraction of sp³-hybridized carbons (Fsp3) is 0.150. The van der Waals surface area contributed by atoms with Gasteiger partial charge in [-0.15, -0.1) is 0 Å². The van der Waals surface area contributed by atoms with Crippen molar-refractivity contribution in [3.8, 4) is 5.69 Å². The molecule has 0 bridgehead atoms. The van der Waals surface area contributed by atoms with Crippen molar-refractivity contribution in [3.05, 3.63) is 88.0 Å². The third-order valence-corrected chi connectivity index (χ3v) is 4.22. The molecule has 0 aliphatic heterocycles. The van der Waals surface area contributed by atoms with Crippen LogP contribution in [0.15, 0.2) is 59.8 Å². The number of oxime groups is 1. The SMILES string of the molecule is Cc1cc(/C=N\OCc2ccc(Cl)cc2)c(C)n1-c1ccc(F)cc1. The normalized spacial score (nSPS) is 11.2. The maximum atomic E-state index is 13.1. The first-order valence-electron chi connectivity index (χ1n) is 7.89. The maximum absolute atomic E-state index is 13.1. The van der Waals surface area contributed by atoms with Crippen LogP contribution >= 0.6 is 11.6 Å². The van der Waals surface area contributed by atoms with Gasteiger partial charge in [-0.2, -0.15) is 0 Å². The Balaban J connectivity index is 1.71. The molecule has 0 fully saturated rings. The zero-order valence-corrected chi connectivity index (χ0v) is 14.8. The van der Waals surface area contributed by atoms with Crippen molar-refractivity contribution in [2.24, 2.45) is 5.16 Å². The Labute approximate surface area is 151 Å². The summed E-state index contributed by atoms with van der Waals surface area (Å²) in [7, 11) is 0. The molecule has 2 aromatic carbocycles. The maximum Gasteiger partial charge on any atom is 0.142 e. The van der Waals surface area contributed by atoms with Gasteiger partial charge in [-0.3, -0.25) is 0 Å². The Hall–Kier alpha value is -2.59. The van der Waals surface area contributed by atoms with Crippen molar-refractivity contribution in [2.75, 3.05) is 0 Å². The zero-order chi connectivity index (χ0) is 17.8. The molecule has 0 aliphatic rings. The Kier molecular flexibility index (Phi) is 5.19. The lowest BCUT2D eigenvalue weighted by Crippen LogP contribution is -1.99. The molecular weight excluding hydrogens is 339 g/mol. The van der Waals surface area contributed by atoms with Crippen molar-refractivity contribution in [1.29, 1.82) is 0 Å². The Bertz CT molecular complexity index is 883. The van der Waals surface area contributed by atoms with Crippen LogP contribution in [0.5, 0.6) is 0 Å². The number of hydrogen-bond acceptors (Lipinski definition) is 2. The van der Waals surface area contributed by atoms with Crippen molar-refractivity contribution < 1.29 is 9.23 Å². The molecule has 25 heavy (non-hydrogen) atoms. The molecule has 0 atom stereocenters. The number of hydrogen-bond donors (Lipinski definition) is 0. The van der Waals surface area contributed by atoms with Gasteiger partial charge in [-0.05, 0) is 61.9 Å². The van der Waals surface area contributed by atoms with E-state index in [1.807, 2.05) is 44.2 Å². The van der Waals surface area contributed by atoms with Crippen LogP contribution < -0.4 is 0 Å². The van der Waals surface area contributed by atoms with Crippen LogP contribution in [-0.2, 0) is 11.4 Å². The molecule has 0 saturated carbocycles. The lowest BCUT2D eigenvalue weighted by Gasteiger charge is -2.09. The van der Waals surface area contributed by atoms with E-state index >= 15 is 0 Å². The molecular formula is C20H18ClFN2O. The second-order valence-electron chi connectivity index (χ2n) is 5.77. The summed E-state index contributed by atoms with van der Waals surface area (Å²) in [5.41, 5.74) is 4.93. The quantitative estimate of drug-likeness (QED) is 0.442. The number of benzene rings is 2. The predicted octanol–water partition coefficient (Wildman–Crippen LogP) is 5.44. The highest BCUT2D eigenvalue weighted by molar-refractivity contribution is 6.30. The Morgan fingerprint density at radius 1 is 1.08 bits per heavy atom. The third-order valence-electron chi connectivity index (χ3n) is 3.97. The molecule has 1 aromatic heterocycles. The molecule has 0 N–H and O–H groups in total. The first-order valence-corrected chi connectivity index (χ1v) is 8.27. The molecule has 0 radical (unpaired) electrons. The van der Waals surface area contributed by atoms with Crippen LogP contribution in [0, 0.1) is 19.7 Å². The van der Waals surface area contributed by atoms with Gasteiger partial charge >= 0.3 is 0 Å². The van der Waals surface area contributed by atoms with Gasteiger partial charge in [-0.1, -0.05) is 28.9 Å². The third kappa shape index (κ3) is 4.09. The first-order chi connectivity index (χ1) is 12.0. The summed E-state index contributed by atoms with van der Waals surface area (Å²) >= 11 is 5.85. The van der Waals surface area contributed by atoms with Crippen molar-refractivity contribution in [1.82, 2.24) is 4.57 Å². The molecule has 3 nitrogen and oxygen atoms in total. The standard InChI is InChI=1S/C20H18ClFN2O/c1-14-11-17(12-23-25-13-16-3-5-18(21)6-4-16)15(2)24(14)20-9-7-19(22)8-10-20/h3-12H,13H2,1-2H3/b23-12-. The minimum atomic E-state index is -0.247. The average molecular weight is 357 g/mol. The molecule has 128 valence electrons. The molecule has 5 heteroatoms. The van der Waals surface area contributed by atoms with Crippen molar-refractivity contribution in [2.45, 2.75) is 20.5 Å². The minimum Gasteiger partial charge on any atom is -0.391 e. The van der Waals surface area contributed by atoms with Gasteiger partial charge in [0.2, 0.25) is 0 Å². The van der Waals surface area contributed by atoms with E-state index in [2.05, 4.69) is 9.72 Å². The van der Waals surface area contributed by atoms with Gasteiger partial charge < -0.3 is 9.40 Å². The lowest BCUT2D eigenvalue weighted by molar-refractivity contribution is 0.132. The zero-order valence-electron chi connectivity index (χ0n) is 14.0. The van der Waals surface area contributed by atoms with E-state index < -0.39 is 0 Å². The summed E-state index contributed by atoms with van der Waals surface area (Å²) in [4.78, 5) is 5.36. The molecule has 0 unspecified atom stereocenters. The van der Waals surface area contributed by atoms with Crippen LogP contribution in [-0.4, -0.2) is 10.8 Å². The van der Waals surface area contributed by atoms with Gasteiger partial charge in [-0.25, -0.2) is 4.39 Å². The highest BCUT2D eigenvalue weighted by Gasteiger charge is 2.09. The predicted molar refractivity (Wildman–Crippen MR) is 99.0 cm³/mol. The summed E-state index contributed by atoms with van der Waals surface area (Å²) in [6.45, 7) is 4.38. The minimum absolute atomic E-state index is 0.247. The summed E-state index contributed by atoms with van der Waals surface area (Å²) in [5.74, 6) is -0.247. The topological polar surface area (TPSA) is 26.5 Å².